The zero-order chi connectivity index (χ0) is 12.9. The van der Waals surface area contributed by atoms with E-state index < -0.39 is 5.60 Å². The molecule has 3 N–H and O–H groups in total. The minimum Gasteiger partial charge on any atom is -0.508 e. The normalized spacial score (nSPS) is 14.9. The number of hydrogen-bond acceptors (Lipinski definition) is 3. The van der Waals surface area contributed by atoms with Gasteiger partial charge in [-0.15, -0.1) is 0 Å². The van der Waals surface area contributed by atoms with Crippen LogP contribution in [0.3, 0.4) is 0 Å². The molecule has 0 aromatic heterocycles. The van der Waals surface area contributed by atoms with Crippen LogP contribution in [0.1, 0.15) is 32.8 Å². The molecule has 0 aliphatic rings. The van der Waals surface area contributed by atoms with Gasteiger partial charge in [0.25, 0.3) is 0 Å². The molecule has 0 heterocycles. The van der Waals surface area contributed by atoms with Gasteiger partial charge in [-0.1, -0.05) is 32.0 Å². The van der Waals surface area contributed by atoms with E-state index in [9.17, 15) is 10.2 Å². The number of phenols is 1. The Morgan fingerprint density at radius 3 is 2.53 bits per heavy atom. The zero-order valence-corrected chi connectivity index (χ0v) is 10.9. The van der Waals surface area contributed by atoms with E-state index in [4.69, 9.17) is 0 Å². The van der Waals surface area contributed by atoms with E-state index in [0.717, 1.165) is 12.0 Å². The summed E-state index contributed by atoms with van der Waals surface area (Å²) in [6, 6.07) is 7.24. The maximum absolute atomic E-state index is 10.1. The Balaban J connectivity index is 2.40. The van der Waals surface area contributed by atoms with E-state index in [0.29, 0.717) is 24.8 Å². The fourth-order valence-corrected chi connectivity index (χ4v) is 2.08. The maximum Gasteiger partial charge on any atom is 0.120 e. The first-order valence-corrected chi connectivity index (χ1v) is 6.11. The van der Waals surface area contributed by atoms with E-state index in [1.54, 1.807) is 12.1 Å². The van der Waals surface area contributed by atoms with Gasteiger partial charge in [0.05, 0.1) is 5.60 Å². The van der Waals surface area contributed by atoms with Gasteiger partial charge in [-0.3, -0.25) is 0 Å². The lowest BCUT2D eigenvalue weighted by molar-refractivity contribution is 0.0383. The van der Waals surface area contributed by atoms with Crippen molar-refractivity contribution in [3.8, 4) is 5.75 Å². The molecular weight excluding hydrogens is 214 g/mol. The van der Waals surface area contributed by atoms with Gasteiger partial charge < -0.3 is 15.5 Å². The number of hydrogen-bond donors (Lipinski definition) is 3. The molecule has 0 spiro atoms. The molecule has 1 atom stereocenters. The first kappa shape index (κ1) is 14.0. The smallest absolute Gasteiger partial charge is 0.120 e. The summed E-state index contributed by atoms with van der Waals surface area (Å²) in [5.41, 5.74) is 0.159. The van der Waals surface area contributed by atoms with Crippen molar-refractivity contribution < 1.29 is 10.2 Å². The average Bonchev–Trinajstić information content (AvgIpc) is 2.18. The van der Waals surface area contributed by atoms with Gasteiger partial charge in [-0.2, -0.15) is 0 Å². The second-order valence-corrected chi connectivity index (χ2v) is 5.33. The van der Waals surface area contributed by atoms with Crippen LogP contribution in [0.15, 0.2) is 24.3 Å². The van der Waals surface area contributed by atoms with Crippen LogP contribution in [0, 0.1) is 5.92 Å². The summed E-state index contributed by atoms with van der Waals surface area (Å²) in [6.45, 7) is 7.13. The monoisotopic (exact) mass is 237 g/mol. The third kappa shape index (κ3) is 5.20. The van der Waals surface area contributed by atoms with Crippen molar-refractivity contribution in [3.05, 3.63) is 29.8 Å². The van der Waals surface area contributed by atoms with Gasteiger partial charge in [-0.25, -0.2) is 0 Å². The molecule has 96 valence electrons. The second kappa shape index (κ2) is 6.03. The van der Waals surface area contributed by atoms with Crippen molar-refractivity contribution in [1.29, 1.82) is 0 Å². The number of nitrogens with one attached hydrogen (secondary N) is 1. The lowest BCUT2D eigenvalue weighted by Gasteiger charge is -2.25. The number of aromatic hydroxyl groups is 1. The zero-order valence-electron chi connectivity index (χ0n) is 10.9. The largest absolute Gasteiger partial charge is 0.508 e. The van der Waals surface area contributed by atoms with Crippen molar-refractivity contribution in [2.75, 3.05) is 6.54 Å². The van der Waals surface area contributed by atoms with Gasteiger partial charge >= 0.3 is 0 Å². The minimum atomic E-state index is -0.696. The summed E-state index contributed by atoms with van der Waals surface area (Å²) in [4.78, 5) is 0. The van der Waals surface area contributed by atoms with Crippen molar-refractivity contribution in [1.82, 2.24) is 5.32 Å². The Kier molecular flexibility index (Phi) is 4.97. The molecule has 17 heavy (non-hydrogen) atoms. The highest BCUT2D eigenvalue weighted by atomic mass is 16.3. The molecule has 0 saturated heterocycles. The van der Waals surface area contributed by atoms with Crippen LogP contribution in [-0.4, -0.2) is 22.4 Å². The molecule has 3 nitrogen and oxygen atoms in total. The Labute approximate surface area is 103 Å². The summed E-state index contributed by atoms with van der Waals surface area (Å²) in [6.07, 6.45) is 0.765. The molecule has 0 saturated carbocycles. The molecule has 0 radical (unpaired) electrons. The van der Waals surface area contributed by atoms with Crippen LogP contribution in [0.2, 0.25) is 0 Å². The molecule has 1 aromatic carbocycles. The number of rotatable bonds is 6. The van der Waals surface area contributed by atoms with Crippen LogP contribution in [0.25, 0.3) is 0 Å². The van der Waals surface area contributed by atoms with Crippen LogP contribution < -0.4 is 5.32 Å². The predicted octanol–water partition coefficient (Wildman–Crippen LogP) is 2.28. The number of aliphatic hydroxyl groups is 1. The topological polar surface area (TPSA) is 52.5 Å². The maximum atomic E-state index is 10.1. The number of phenolic OH excluding ortho intramolecular Hbond substituents is 1. The lowest BCUT2D eigenvalue weighted by atomic mass is 9.94. The Morgan fingerprint density at radius 2 is 1.94 bits per heavy atom. The van der Waals surface area contributed by atoms with E-state index >= 15 is 0 Å². The lowest BCUT2D eigenvalue weighted by Crippen LogP contribution is -2.38. The van der Waals surface area contributed by atoms with Crippen molar-refractivity contribution in [2.24, 2.45) is 5.92 Å². The number of para-hydroxylation sites is 1. The van der Waals surface area contributed by atoms with Gasteiger partial charge in [0, 0.05) is 18.7 Å². The molecule has 0 bridgehead atoms. The highest BCUT2D eigenvalue weighted by Crippen LogP contribution is 2.17. The van der Waals surface area contributed by atoms with Crippen molar-refractivity contribution in [3.63, 3.8) is 0 Å². The summed E-state index contributed by atoms with van der Waals surface area (Å²) < 4.78 is 0. The molecule has 0 fully saturated rings. The molecule has 1 aromatic rings. The molecule has 0 amide bonds. The molecule has 3 heteroatoms. The third-order valence-electron chi connectivity index (χ3n) is 2.66. The predicted molar refractivity (Wildman–Crippen MR) is 69.9 cm³/mol. The minimum absolute atomic E-state index is 0.295. The summed E-state index contributed by atoms with van der Waals surface area (Å²) in [7, 11) is 0. The summed E-state index contributed by atoms with van der Waals surface area (Å²) in [5.74, 6) is 0.764. The quantitative estimate of drug-likeness (QED) is 0.711. The van der Waals surface area contributed by atoms with Gasteiger partial charge in [0.15, 0.2) is 0 Å². The fraction of sp³-hybridized carbons (Fsp3) is 0.571. The van der Waals surface area contributed by atoms with Crippen molar-refractivity contribution >= 4 is 0 Å². The van der Waals surface area contributed by atoms with Crippen LogP contribution >= 0.6 is 0 Å². The van der Waals surface area contributed by atoms with E-state index in [-0.39, 0.29) is 0 Å². The molecule has 0 aliphatic carbocycles. The fourth-order valence-electron chi connectivity index (χ4n) is 2.08. The molecule has 0 aliphatic heterocycles. The summed E-state index contributed by atoms with van der Waals surface area (Å²) in [5, 5.41) is 22.9. The van der Waals surface area contributed by atoms with Gasteiger partial charge in [0.1, 0.15) is 5.75 Å². The van der Waals surface area contributed by atoms with E-state index in [1.807, 2.05) is 19.1 Å². The Morgan fingerprint density at radius 1 is 1.29 bits per heavy atom. The Hall–Kier alpha value is -1.06. The van der Waals surface area contributed by atoms with Crippen LogP contribution in [0.5, 0.6) is 5.75 Å². The third-order valence-corrected chi connectivity index (χ3v) is 2.66. The standard InChI is InChI=1S/C14H23NO2/c1-11(2)8-14(3,17)10-15-9-12-6-4-5-7-13(12)16/h4-7,11,15-17H,8-10H2,1-3H3. The van der Waals surface area contributed by atoms with Crippen LogP contribution in [0.4, 0.5) is 0 Å². The number of benzene rings is 1. The van der Waals surface area contributed by atoms with Crippen molar-refractivity contribution in [2.45, 2.75) is 39.3 Å². The molecular formula is C14H23NO2. The van der Waals surface area contributed by atoms with Gasteiger partial charge in [0.2, 0.25) is 0 Å². The first-order valence-electron chi connectivity index (χ1n) is 6.11. The van der Waals surface area contributed by atoms with Gasteiger partial charge in [-0.05, 0) is 25.3 Å². The van der Waals surface area contributed by atoms with E-state index in [1.165, 1.54) is 0 Å². The molecule has 1 rings (SSSR count). The average molecular weight is 237 g/mol. The summed E-state index contributed by atoms with van der Waals surface area (Å²) >= 11 is 0. The SMILES string of the molecule is CC(C)CC(C)(O)CNCc1ccccc1O. The van der Waals surface area contributed by atoms with E-state index in [2.05, 4.69) is 19.2 Å². The highest BCUT2D eigenvalue weighted by molar-refractivity contribution is 5.31. The molecule has 1 unspecified atom stereocenters. The van der Waals surface area contributed by atoms with Crippen LogP contribution in [-0.2, 0) is 6.54 Å². The second-order valence-electron chi connectivity index (χ2n) is 5.33. The Bertz CT molecular complexity index is 348. The highest BCUT2D eigenvalue weighted by Gasteiger charge is 2.21. The first-order chi connectivity index (χ1) is 7.91.